The van der Waals surface area contributed by atoms with Gasteiger partial charge in [-0.3, -0.25) is 4.79 Å². The predicted molar refractivity (Wildman–Crippen MR) is 79.7 cm³/mol. The van der Waals surface area contributed by atoms with E-state index in [2.05, 4.69) is 32.1 Å². The largest absolute Gasteiger partial charge is 0.338 e. The molecule has 1 fully saturated rings. The zero-order valence-corrected chi connectivity index (χ0v) is 11.9. The zero-order valence-electron chi connectivity index (χ0n) is 11.9. The molecule has 1 aromatic carbocycles. The molecule has 0 heterocycles. The summed E-state index contributed by atoms with van der Waals surface area (Å²) in [5, 5.41) is 0. The molecule has 1 aliphatic carbocycles. The maximum atomic E-state index is 12.2. The van der Waals surface area contributed by atoms with E-state index in [-0.39, 0.29) is 0 Å². The Kier molecular flexibility index (Phi) is 4.78. The second-order valence-electron chi connectivity index (χ2n) is 5.44. The molecule has 0 saturated heterocycles. The number of rotatable bonds is 6. The van der Waals surface area contributed by atoms with Crippen LogP contribution in [0.4, 0.5) is 0 Å². The fraction of sp³-hybridized carbons (Fsp3) is 0.471. The third-order valence-electron chi connectivity index (χ3n) is 3.38. The molecule has 0 spiro atoms. The summed E-state index contributed by atoms with van der Waals surface area (Å²) >= 11 is 0. The first-order valence-corrected chi connectivity index (χ1v) is 7.21. The minimum atomic E-state index is 0.316. The van der Waals surface area contributed by atoms with Crippen LogP contribution in [0.2, 0.25) is 0 Å². The summed E-state index contributed by atoms with van der Waals surface area (Å²) in [5.74, 6) is 0.665. The zero-order chi connectivity index (χ0) is 13.7. The van der Waals surface area contributed by atoms with Gasteiger partial charge in [0.05, 0.1) is 0 Å². The first-order chi connectivity index (χ1) is 9.20. The minimum Gasteiger partial charge on any atom is -0.338 e. The van der Waals surface area contributed by atoms with Crippen molar-refractivity contribution in [3.05, 3.63) is 41.5 Å². The van der Waals surface area contributed by atoms with E-state index in [0.717, 1.165) is 32.4 Å². The lowest BCUT2D eigenvalue weighted by Gasteiger charge is -2.22. The van der Waals surface area contributed by atoms with Gasteiger partial charge < -0.3 is 4.90 Å². The first-order valence-electron chi connectivity index (χ1n) is 7.21. The van der Waals surface area contributed by atoms with Crippen molar-refractivity contribution in [3.8, 4) is 0 Å². The SMILES string of the molecule is CCCN(C/C(C)=C/c1ccccc1)C(=O)C1CC1. The summed E-state index contributed by atoms with van der Waals surface area (Å²) < 4.78 is 0. The van der Waals surface area contributed by atoms with Crippen molar-refractivity contribution in [1.29, 1.82) is 0 Å². The number of benzene rings is 1. The quantitative estimate of drug-likeness (QED) is 0.760. The van der Waals surface area contributed by atoms with Crippen molar-refractivity contribution in [2.45, 2.75) is 33.1 Å². The van der Waals surface area contributed by atoms with Gasteiger partial charge in [0.15, 0.2) is 0 Å². The number of carbonyl (C=O) groups is 1. The van der Waals surface area contributed by atoms with Crippen LogP contribution in [0.5, 0.6) is 0 Å². The molecule has 1 aliphatic rings. The van der Waals surface area contributed by atoms with E-state index >= 15 is 0 Å². The second-order valence-corrected chi connectivity index (χ2v) is 5.44. The van der Waals surface area contributed by atoms with Crippen molar-refractivity contribution in [1.82, 2.24) is 4.90 Å². The van der Waals surface area contributed by atoms with Crippen LogP contribution in [0.3, 0.4) is 0 Å². The number of hydrogen-bond acceptors (Lipinski definition) is 1. The van der Waals surface area contributed by atoms with E-state index in [4.69, 9.17) is 0 Å². The van der Waals surface area contributed by atoms with E-state index in [9.17, 15) is 4.79 Å². The molecule has 1 amide bonds. The average Bonchev–Trinajstić information content (AvgIpc) is 3.23. The fourth-order valence-corrected chi connectivity index (χ4v) is 2.31. The second kappa shape index (κ2) is 6.55. The van der Waals surface area contributed by atoms with E-state index < -0.39 is 0 Å². The molecule has 2 rings (SSSR count). The van der Waals surface area contributed by atoms with E-state index in [1.54, 1.807) is 0 Å². The molecule has 0 aromatic heterocycles. The Balaban J connectivity index is 1.99. The maximum Gasteiger partial charge on any atom is 0.225 e. The highest BCUT2D eigenvalue weighted by Crippen LogP contribution is 2.31. The van der Waals surface area contributed by atoms with Gasteiger partial charge in [0.25, 0.3) is 0 Å². The molecule has 0 radical (unpaired) electrons. The minimum absolute atomic E-state index is 0.316. The van der Waals surface area contributed by atoms with Gasteiger partial charge in [-0.25, -0.2) is 0 Å². The molecule has 0 aliphatic heterocycles. The number of hydrogen-bond donors (Lipinski definition) is 0. The molecule has 1 aromatic rings. The fourth-order valence-electron chi connectivity index (χ4n) is 2.31. The molecule has 0 unspecified atom stereocenters. The van der Waals surface area contributed by atoms with Gasteiger partial charge in [-0.2, -0.15) is 0 Å². The van der Waals surface area contributed by atoms with Crippen LogP contribution < -0.4 is 0 Å². The lowest BCUT2D eigenvalue weighted by Crippen LogP contribution is -2.34. The summed E-state index contributed by atoms with van der Waals surface area (Å²) in [6, 6.07) is 10.3. The van der Waals surface area contributed by atoms with Crippen LogP contribution in [0, 0.1) is 5.92 Å². The molecular formula is C17H23NO. The lowest BCUT2D eigenvalue weighted by molar-refractivity contribution is -0.132. The molecule has 2 heteroatoms. The van der Waals surface area contributed by atoms with Gasteiger partial charge in [-0.05, 0) is 31.7 Å². The van der Waals surface area contributed by atoms with Crippen LogP contribution in [0.15, 0.2) is 35.9 Å². The molecule has 2 nitrogen and oxygen atoms in total. The molecule has 0 atom stereocenters. The number of carbonyl (C=O) groups excluding carboxylic acids is 1. The predicted octanol–water partition coefficient (Wildman–Crippen LogP) is 3.74. The van der Waals surface area contributed by atoms with Crippen LogP contribution >= 0.6 is 0 Å². The molecule has 19 heavy (non-hydrogen) atoms. The van der Waals surface area contributed by atoms with Gasteiger partial charge in [-0.1, -0.05) is 48.9 Å². The Hall–Kier alpha value is -1.57. The van der Waals surface area contributed by atoms with Crippen molar-refractivity contribution < 1.29 is 4.79 Å². The van der Waals surface area contributed by atoms with Crippen molar-refractivity contribution in [2.75, 3.05) is 13.1 Å². The Bertz CT molecular complexity index is 446. The summed E-state index contributed by atoms with van der Waals surface area (Å²) in [5.41, 5.74) is 2.45. The molecule has 0 N–H and O–H groups in total. The van der Waals surface area contributed by atoms with Gasteiger partial charge >= 0.3 is 0 Å². The van der Waals surface area contributed by atoms with Gasteiger partial charge in [-0.15, -0.1) is 0 Å². The highest BCUT2D eigenvalue weighted by molar-refractivity contribution is 5.81. The molecular weight excluding hydrogens is 234 g/mol. The molecule has 0 bridgehead atoms. The van der Waals surface area contributed by atoms with E-state index in [0.29, 0.717) is 11.8 Å². The van der Waals surface area contributed by atoms with Crippen LogP contribution in [0.25, 0.3) is 6.08 Å². The molecule has 102 valence electrons. The first kappa shape index (κ1) is 13.9. The lowest BCUT2D eigenvalue weighted by atomic mass is 10.1. The number of amides is 1. The van der Waals surface area contributed by atoms with Gasteiger partial charge in [0.1, 0.15) is 0 Å². The highest BCUT2D eigenvalue weighted by Gasteiger charge is 2.32. The summed E-state index contributed by atoms with van der Waals surface area (Å²) in [6.07, 6.45) is 5.36. The van der Waals surface area contributed by atoms with E-state index in [1.807, 2.05) is 23.1 Å². The van der Waals surface area contributed by atoms with Crippen molar-refractivity contribution in [3.63, 3.8) is 0 Å². The standard InChI is InChI=1S/C17H23NO/c1-3-11-18(17(19)16-9-10-16)13-14(2)12-15-7-5-4-6-8-15/h4-8,12,16H,3,9-11,13H2,1-2H3/b14-12+. The Morgan fingerprint density at radius 2 is 2.00 bits per heavy atom. The van der Waals surface area contributed by atoms with Gasteiger partial charge in [0, 0.05) is 19.0 Å². The van der Waals surface area contributed by atoms with Crippen LogP contribution in [-0.4, -0.2) is 23.9 Å². The Labute approximate surface area is 116 Å². The normalized spacial score (nSPS) is 15.4. The Morgan fingerprint density at radius 1 is 1.32 bits per heavy atom. The highest BCUT2D eigenvalue weighted by atomic mass is 16.2. The number of nitrogens with zero attached hydrogens (tertiary/aromatic N) is 1. The van der Waals surface area contributed by atoms with Crippen molar-refractivity contribution >= 4 is 12.0 Å². The Morgan fingerprint density at radius 3 is 2.58 bits per heavy atom. The van der Waals surface area contributed by atoms with E-state index in [1.165, 1.54) is 11.1 Å². The summed E-state index contributed by atoms with van der Waals surface area (Å²) in [6.45, 7) is 5.87. The average molecular weight is 257 g/mol. The monoisotopic (exact) mass is 257 g/mol. The van der Waals surface area contributed by atoms with Crippen LogP contribution in [-0.2, 0) is 4.79 Å². The van der Waals surface area contributed by atoms with Crippen LogP contribution in [0.1, 0.15) is 38.7 Å². The topological polar surface area (TPSA) is 20.3 Å². The third-order valence-corrected chi connectivity index (χ3v) is 3.38. The van der Waals surface area contributed by atoms with Gasteiger partial charge in [0.2, 0.25) is 5.91 Å². The summed E-state index contributed by atoms with van der Waals surface area (Å²) in [4.78, 5) is 14.2. The summed E-state index contributed by atoms with van der Waals surface area (Å²) in [7, 11) is 0. The third kappa shape index (κ3) is 4.23. The molecule has 1 saturated carbocycles. The maximum absolute atomic E-state index is 12.2. The van der Waals surface area contributed by atoms with Crippen molar-refractivity contribution in [2.24, 2.45) is 5.92 Å². The smallest absolute Gasteiger partial charge is 0.225 e.